The fourth-order valence-electron chi connectivity index (χ4n) is 5.54. The van der Waals surface area contributed by atoms with Crippen LogP contribution in [0.25, 0.3) is 0 Å². The molecule has 3 fully saturated rings. The highest BCUT2D eigenvalue weighted by atomic mass is 16.1. The first kappa shape index (κ1) is 18.6. The fourth-order valence-corrected chi connectivity index (χ4v) is 5.54. The van der Waals surface area contributed by atoms with E-state index >= 15 is 0 Å². The van der Waals surface area contributed by atoms with Gasteiger partial charge < -0.3 is 0 Å². The third-order valence-corrected chi connectivity index (χ3v) is 7.37. The number of nitrogens with zero attached hydrogens (tertiary/aromatic N) is 2. The maximum absolute atomic E-state index is 13.4. The van der Waals surface area contributed by atoms with Crippen LogP contribution in [0.3, 0.4) is 0 Å². The summed E-state index contributed by atoms with van der Waals surface area (Å²) >= 11 is 0. The minimum atomic E-state index is -0.328. The lowest BCUT2D eigenvalue weighted by Crippen LogP contribution is -2.52. The molecule has 1 aliphatic carbocycles. The van der Waals surface area contributed by atoms with Crippen LogP contribution in [-0.4, -0.2) is 22.8 Å². The third kappa shape index (κ3) is 3.51. The van der Waals surface area contributed by atoms with Crippen LogP contribution in [-0.2, 0) is 12.0 Å². The Balaban J connectivity index is 1.33. The predicted molar refractivity (Wildman–Crippen MR) is 113 cm³/mol. The fraction of sp³-hybridized carbons (Fsp3) is 0.462. The van der Waals surface area contributed by atoms with Crippen molar-refractivity contribution in [2.75, 3.05) is 0 Å². The van der Waals surface area contributed by atoms with Gasteiger partial charge >= 0.3 is 0 Å². The van der Waals surface area contributed by atoms with Crippen molar-refractivity contribution in [1.82, 2.24) is 4.90 Å². The lowest BCUT2D eigenvalue weighted by Gasteiger charge is -2.48. The Labute approximate surface area is 173 Å². The van der Waals surface area contributed by atoms with Crippen molar-refractivity contribution in [3.8, 4) is 6.07 Å². The topological polar surface area (TPSA) is 44.1 Å². The van der Waals surface area contributed by atoms with E-state index in [1.807, 2.05) is 24.3 Å². The van der Waals surface area contributed by atoms with Crippen molar-refractivity contribution in [3.05, 3.63) is 71.3 Å². The first-order valence-electron chi connectivity index (χ1n) is 11.0. The molecule has 148 valence electrons. The van der Waals surface area contributed by atoms with Crippen LogP contribution < -0.4 is 0 Å². The molecule has 2 aromatic carbocycles. The molecule has 0 aromatic heterocycles. The number of hydrogen-bond acceptors (Lipinski definition) is 3. The van der Waals surface area contributed by atoms with Crippen LogP contribution in [0.2, 0.25) is 0 Å². The summed E-state index contributed by atoms with van der Waals surface area (Å²) in [4.78, 5) is 16.0. The van der Waals surface area contributed by atoms with Crippen molar-refractivity contribution >= 4 is 5.78 Å². The monoisotopic (exact) mass is 384 g/mol. The van der Waals surface area contributed by atoms with Gasteiger partial charge in [0.2, 0.25) is 0 Å². The van der Waals surface area contributed by atoms with Gasteiger partial charge in [0.05, 0.1) is 11.5 Å². The van der Waals surface area contributed by atoms with Crippen LogP contribution in [0, 0.1) is 17.2 Å². The minimum absolute atomic E-state index is 0.116. The van der Waals surface area contributed by atoms with Gasteiger partial charge in [0.1, 0.15) is 0 Å². The molecule has 2 unspecified atom stereocenters. The SMILES string of the molecule is N#CC1(c2cccc(C(=O)C3CC4CCCC(C3)N4Cc3ccccc3)c2)CC1. The molecule has 0 N–H and O–H groups in total. The highest BCUT2D eigenvalue weighted by molar-refractivity contribution is 5.98. The lowest BCUT2D eigenvalue weighted by atomic mass is 9.75. The quantitative estimate of drug-likeness (QED) is 0.661. The first-order valence-corrected chi connectivity index (χ1v) is 11.0. The molecule has 3 aliphatic rings. The molecule has 3 nitrogen and oxygen atoms in total. The summed E-state index contributed by atoms with van der Waals surface area (Å²) in [6, 6.07) is 22.1. The van der Waals surface area contributed by atoms with Gasteiger partial charge in [-0.25, -0.2) is 0 Å². The normalized spacial score (nSPS) is 27.8. The van der Waals surface area contributed by atoms with Gasteiger partial charge in [-0.3, -0.25) is 9.69 Å². The molecule has 5 rings (SSSR count). The van der Waals surface area contributed by atoms with Crippen LogP contribution >= 0.6 is 0 Å². The zero-order chi connectivity index (χ0) is 19.8. The van der Waals surface area contributed by atoms with Crippen LogP contribution in [0.1, 0.15) is 66.4 Å². The standard InChI is InChI=1S/C26H28N2O/c27-18-26(12-13-26)22-9-4-8-20(14-22)25(29)21-15-23-10-5-11-24(16-21)28(23)17-19-6-2-1-3-7-19/h1-4,6-9,14,21,23-24H,5,10-13,15-17H2. The summed E-state index contributed by atoms with van der Waals surface area (Å²) < 4.78 is 0. The Bertz CT molecular complexity index is 927. The molecule has 2 bridgehead atoms. The predicted octanol–water partition coefficient (Wildman–Crippen LogP) is 5.26. The van der Waals surface area contributed by atoms with Gasteiger partial charge in [0.15, 0.2) is 5.78 Å². The summed E-state index contributed by atoms with van der Waals surface area (Å²) in [6.07, 6.45) is 7.45. The molecule has 0 spiro atoms. The second-order valence-corrected chi connectivity index (χ2v) is 9.20. The van der Waals surface area contributed by atoms with E-state index in [9.17, 15) is 10.1 Å². The summed E-state index contributed by atoms with van der Waals surface area (Å²) in [7, 11) is 0. The first-order chi connectivity index (χ1) is 14.2. The van der Waals surface area contributed by atoms with Crippen molar-refractivity contribution in [3.63, 3.8) is 0 Å². The second kappa shape index (κ2) is 7.43. The molecule has 2 saturated heterocycles. The largest absolute Gasteiger partial charge is 0.294 e. The summed E-state index contributed by atoms with van der Waals surface area (Å²) in [5, 5.41) is 9.51. The number of piperidine rings is 2. The molecule has 2 aromatic rings. The smallest absolute Gasteiger partial charge is 0.166 e. The van der Waals surface area contributed by atoms with Gasteiger partial charge in [-0.15, -0.1) is 0 Å². The number of benzene rings is 2. The van der Waals surface area contributed by atoms with Crippen LogP contribution in [0.15, 0.2) is 54.6 Å². The number of nitriles is 1. The molecule has 0 amide bonds. The molecule has 29 heavy (non-hydrogen) atoms. The number of ketones is 1. The van der Waals surface area contributed by atoms with Gasteiger partial charge in [-0.2, -0.15) is 5.26 Å². The summed E-state index contributed by atoms with van der Waals surface area (Å²) in [6.45, 7) is 0.997. The number of Topliss-reactive ketones (excluding diaryl/α,β-unsaturated/α-hetero) is 1. The molecule has 0 radical (unpaired) electrons. The van der Waals surface area contributed by atoms with E-state index in [-0.39, 0.29) is 17.1 Å². The Morgan fingerprint density at radius 1 is 1.03 bits per heavy atom. The number of hydrogen-bond donors (Lipinski definition) is 0. The van der Waals surface area contributed by atoms with Gasteiger partial charge in [0.25, 0.3) is 0 Å². The maximum Gasteiger partial charge on any atom is 0.166 e. The van der Waals surface area contributed by atoms with Crippen molar-refractivity contribution in [1.29, 1.82) is 5.26 Å². The van der Waals surface area contributed by atoms with E-state index in [0.717, 1.165) is 43.4 Å². The lowest BCUT2D eigenvalue weighted by molar-refractivity contribution is 0.00906. The average molecular weight is 385 g/mol. The Kier molecular flexibility index (Phi) is 4.76. The third-order valence-electron chi connectivity index (χ3n) is 7.37. The van der Waals surface area contributed by atoms with Gasteiger partial charge in [0, 0.05) is 30.1 Å². The zero-order valence-corrected chi connectivity index (χ0v) is 16.9. The highest BCUT2D eigenvalue weighted by Gasteiger charge is 2.45. The van der Waals surface area contributed by atoms with Gasteiger partial charge in [-0.05, 0) is 55.7 Å². The van der Waals surface area contributed by atoms with Gasteiger partial charge in [-0.1, -0.05) is 55.0 Å². The molecule has 2 aliphatic heterocycles. The number of fused-ring (bicyclic) bond motifs is 2. The number of carbonyl (C=O) groups excluding carboxylic acids is 1. The highest BCUT2D eigenvalue weighted by Crippen LogP contribution is 2.48. The number of carbonyl (C=O) groups is 1. The van der Waals surface area contributed by atoms with Crippen molar-refractivity contribution in [2.45, 2.75) is 69.0 Å². The van der Waals surface area contributed by atoms with E-state index in [1.165, 1.54) is 24.8 Å². The van der Waals surface area contributed by atoms with E-state index in [2.05, 4.69) is 41.3 Å². The van der Waals surface area contributed by atoms with E-state index < -0.39 is 0 Å². The molecule has 2 heterocycles. The summed E-state index contributed by atoms with van der Waals surface area (Å²) in [5.74, 6) is 0.404. The molecule has 2 atom stereocenters. The van der Waals surface area contributed by atoms with E-state index in [0.29, 0.717) is 12.1 Å². The average Bonchev–Trinajstić information content (AvgIpc) is 3.55. The maximum atomic E-state index is 13.4. The van der Waals surface area contributed by atoms with E-state index in [1.54, 1.807) is 0 Å². The molecule has 1 saturated carbocycles. The molecule has 3 heteroatoms. The molecular formula is C26H28N2O. The second-order valence-electron chi connectivity index (χ2n) is 9.20. The Hall–Kier alpha value is -2.44. The van der Waals surface area contributed by atoms with Crippen molar-refractivity contribution < 1.29 is 4.79 Å². The van der Waals surface area contributed by atoms with E-state index in [4.69, 9.17) is 0 Å². The van der Waals surface area contributed by atoms with Crippen molar-refractivity contribution in [2.24, 2.45) is 5.92 Å². The minimum Gasteiger partial charge on any atom is -0.294 e. The summed E-state index contributed by atoms with van der Waals surface area (Å²) in [5.41, 5.74) is 2.88. The van der Waals surface area contributed by atoms with Crippen LogP contribution in [0.5, 0.6) is 0 Å². The Morgan fingerprint density at radius 3 is 2.41 bits per heavy atom. The van der Waals surface area contributed by atoms with Crippen LogP contribution in [0.4, 0.5) is 0 Å². The molecular weight excluding hydrogens is 356 g/mol. The zero-order valence-electron chi connectivity index (χ0n) is 16.9. The number of rotatable bonds is 5. The Morgan fingerprint density at radius 2 is 1.76 bits per heavy atom.